The number of carbonyl (C=O) groups is 1. The molecular weight excluding hydrogens is 186 g/mol. The standard InChI is InChI=1S/C9H13NO4/c1-2-14-9(11)8-5-3-4-7(8)6-10(12)13/h2-6H2,1H3. The summed E-state index contributed by atoms with van der Waals surface area (Å²) in [6, 6.07) is 0. The fraction of sp³-hybridized carbons (Fsp3) is 0.667. The summed E-state index contributed by atoms with van der Waals surface area (Å²) >= 11 is 0. The number of ether oxygens (including phenoxy) is 1. The molecule has 0 aliphatic heterocycles. The molecule has 0 amide bonds. The van der Waals surface area contributed by atoms with Gasteiger partial charge in [0.05, 0.1) is 6.61 Å². The van der Waals surface area contributed by atoms with Crippen LogP contribution in [0.3, 0.4) is 0 Å². The van der Waals surface area contributed by atoms with E-state index >= 15 is 0 Å². The third-order valence-corrected chi connectivity index (χ3v) is 2.17. The molecule has 0 N–H and O–H groups in total. The molecule has 0 fully saturated rings. The van der Waals surface area contributed by atoms with Gasteiger partial charge in [-0.3, -0.25) is 10.1 Å². The zero-order valence-electron chi connectivity index (χ0n) is 8.12. The Hall–Kier alpha value is -1.39. The molecule has 0 unspecified atom stereocenters. The topological polar surface area (TPSA) is 69.4 Å². The van der Waals surface area contributed by atoms with E-state index in [1.165, 1.54) is 0 Å². The molecular formula is C9H13NO4. The summed E-state index contributed by atoms with van der Waals surface area (Å²) in [5.41, 5.74) is 1.15. The summed E-state index contributed by atoms with van der Waals surface area (Å²) < 4.78 is 4.82. The molecule has 0 saturated heterocycles. The molecule has 14 heavy (non-hydrogen) atoms. The van der Waals surface area contributed by atoms with Crippen LogP contribution in [0.4, 0.5) is 0 Å². The summed E-state index contributed by atoms with van der Waals surface area (Å²) in [6.07, 6.45) is 2.08. The van der Waals surface area contributed by atoms with Crippen LogP contribution >= 0.6 is 0 Å². The second kappa shape index (κ2) is 4.74. The minimum Gasteiger partial charge on any atom is -0.463 e. The van der Waals surface area contributed by atoms with Crippen LogP contribution in [0.5, 0.6) is 0 Å². The Bertz CT molecular complexity index is 283. The van der Waals surface area contributed by atoms with Crippen LogP contribution in [0.15, 0.2) is 11.1 Å². The third kappa shape index (κ3) is 2.55. The van der Waals surface area contributed by atoms with Gasteiger partial charge in [0.1, 0.15) is 0 Å². The van der Waals surface area contributed by atoms with E-state index in [1.807, 2.05) is 0 Å². The summed E-state index contributed by atoms with van der Waals surface area (Å²) in [5.74, 6) is -0.387. The van der Waals surface area contributed by atoms with Gasteiger partial charge in [0.25, 0.3) is 0 Å². The summed E-state index contributed by atoms with van der Waals surface area (Å²) in [7, 11) is 0. The van der Waals surface area contributed by atoms with Gasteiger partial charge in [0, 0.05) is 16.1 Å². The zero-order chi connectivity index (χ0) is 10.6. The fourth-order valence-electron chi connectivity index (χ4n) is 1.60. The van der Waals surface area contributed by atoms with E-state index in [-0.39, 0.29) is 12.5 Å². The minimum absolute atomic E-state index is 0.228. The molecule has 5 nitrogen and oxygen atoms in total. The normalized spacial score (nSPS) is 15.8. The second-order valence-corrected chi connectivity index (χ2v) is 3.15. The van der Waals surface area contributed by atoms with Crippen LogP contribution in [0, 0.1) is 10.1 Å². The van der Waals surface area contributed by atoms with Crippen molar-refractivity contribution < 1.29 is 14.5 Å². The van der Waals surface area contributed by atoms with E-state index in [9.17, 15) is 14.9 Å². The number of nitrogens with zero attached hydrogens (tertiary/aromatic N) is 1. The minimum atomic E-state index is -0.403. The first-order valence-electron chi connectivity index (χ1n) is 4.65. The number of nitro groups is 1. The van der Waals surface area contributed by atoms with Crippen molar-refractivity contribution in [3.8, 4) is 0 Å². The molecule has 0 atom stereocenters. The van der Waals surface area contributed by atoms with Crippen LogP contribution in [-0.2, 0) is 9.53 Å². The Morgan fingerprint density at radius 3 is 2.86 bits per heavy atom. The zero-order valence-corrected chi connectivity index (χ0v) is 8.12. The van der Waals surface area contributed by atoms with Crippen LogP contribution in [-0.4, -0.2) is 24.0 Å². The lowest BCUT2D eigenvalue weighted by molar-refractivity contribution is -0.471. The lowest BCUT2D eigenvalue weighted by atomic mass is 10.1. The van der Waals surface area contributed by atoms with Gasteiger partial charge in [-0.05, 0) is 26.2 Å². The Kier molecular flexibility index (Phi) is 3.62. The molecule has 0 aromatic rings. The van der Waals surface area contributed by atoms with E-state index in [1.54, 1.807) is 6.92 Å². The van der Waals surface area contributed by atoms with Crippen LogP contribution in [0.1, 0.15) is 26.2 Å². The molecule has 0 heterocycles. The third-order valence-electron chi connectivity index (χ3n) is 2.17. The quantitative estimate of drug-likeness (QED) is 0.389. The Labute approximate surface area is 81.9 Å². The highest BCUT2D eigenvalue weighted by Crippen LogP contribution is 2.26. The Morgan fingerprint density at radius 1 is 1.57 bits per heavy atom. The van der Waals surface area contributed by atoms with Gasteiger partial charge in [0.15, 0.2) is 0 Å². The maximum absolute atomic E-state index is 11.3. The van der Waals surface area contributed by atoms with Crippen molar-refractivity contribution in [1.82, 2.24) is 0 Å². The van der Waals surface area contributed by atoms with E-state index in [4.69, 9.17) is 4.74 Å². The van der Waals surface area contributed by atoms with Crippen molar-refractivity contribution in [2.45, 2.75) is 26.2 Å². The number of hydrogen-bond acceptors (Lipinski definition) is 4. The second-order valence-electron chi connectivity index (χ2n) is 3.15. The van der Waals surface area contributed by atoms with Crippen LogP contribution in [0.2, 0.25) is 0 Å². The Morgan fingerprint density at radius 2 is 2.29 bits per heavy atom. The number of carbonyl (C=O) groups excluding carboxylic acids is 1. The lowest BCUT2D eigenvalue weighted by Crippen LogP contribution is -2.11. The first kappa shape index (κ1) is 10.7. The SMILES string of the molecule is CCOC(=O)C1=C(C[N+](=O)[O-])CCC1. The van der Waals surface area contributed by atoms with Crippen molar-refractivity contribution in [2.75, 3.05) is 13.2 Å². The maximum Gasteiger partial charge on any atom is 0.334 e. The van der Waals surface area contributed by atoms with E-state index in [2.05, 4.69) is 0 Å². The first-order valence-corrected chi connectivity index (χ1v) is 4.65. The van der Waals surface area contributed by atoms with Gasteiger partial charge >= 0.3 is 5.97 Å². The highest BCUT2D eigenvalue weighted by atomic mass is 16.6. The van der Waals surface area contributed by atoms with Crippen LogP contribution in [0.25, 0.3) is 0 Å². The summed E-state index contributed by atoms with van der Waals surface area (Å²) in [6.45, 7) is 1.81. The number of rotatable bonds is 4. The molecule has 1 aliphatic rings. The smallest absolute Gasteiger partial charge is 0.334 e. The molecule has 1 aliphatic carbocycles. The predicted octanol–water partition coefficient (Wildman–Crippen LogP) is 1.31. The van der Waals surface area contributed by atoms with E-state index in [0.29, 0.717) is 30.6 Å². The lowest BCUT2D eigenvalue weighted by Gasteiger charge is -2.03. The number of hydrogen-bond donors (Lipinski definition) is 0. The van der Waals surface area contributed by atoms with Crippen LogP contribution < -0.4 is 0 Å². The van der Waals surface area contributed by atoms with Gasteiger partial charge < -0.3 is 4.74 Å². The van der Waals surface area contributed by atoms with Gasteiger partial charge in [-0.25, -0.2) is 4.79 Å². The van der Waals surface area contributed by atoms with Crippen molar-refractivity contribution in [3.63, 3.8) is 0 Å². The molecule has 0 aromatic heterocycles. The van der Waals surface area contributed by atoms with Crippen molar-refractivity contribution in [1.29, 1.82) is 0 Å². The van der Waals surface area contributed by atoms with E-state index < -0.39 is 4.92 Å². The van der Waals surface area contributed by atoms with Gasteiger partial charge in [-0.1, -0.05) is 0 Å². The highest BCUT2D eigenvalue weighted by molar-refractivity contribution is 5.89. The summed E-state index contributed by atoms with van der Waals surface area (Å²) in [5, 5.41) is 10.3. The van der Waals surface area contributed by atoms with Crippen molar-refractivity contribution in [2.24, 2.45) is 0 Å². The van der Waals surface area contributed by atoms with E-state index in [0.717, 1.165) is 6.42 Å². The van der Waals surface area contributed by atoms with Crippen molar-refractivity contribution in [3.05, 3.63) is 21.3 Å². The van der Waals surface area contributed by atoms with Gasteiger partial charge in [0.2, 0.25) is 6.54 Å². The fourth-order valence-corrected chi connectivity index (χ4v) is 1.60. The molecule has 78 valence electrons. The monoisotopic (exact) mass is 199 g/mol. The molecule has 0 radical (unpaired) electrons. The first-order chi connectivity index (χ1) is 6.65. The van der Waals surface area contributed by atoms with Gasteiger partial charge in [-0.2, -0.15) is 0 Å². The Balaban J connectivity index is 2.71. The highest BCUT2D eigenvalue weighted by Gasteiger charge is 2.24. The van der Waals surface area contributed by atoms with Crippen molar-refractivity contribution >= 4 is 5.97 Å². The molecule has 5 heteroatoms. The molecule has 0 bridgehead atoms. The largest absolute Gasteiger partial charge is 0.463 e. The average molecular weight is 199 g/mol. The molecule has 0 aromatic carbocycles. The molecule has 0 spiro atoms. The number of esters is 1. The average Bonchev–Trinajstić information content (AvgIpc) is 2.51. The predicted molar refractivity (Wildman–Crippen MR) is 49.4 cm³/mol. The molecule has 1 rings (SSSR count). The summed E-state index contributed by atoms with van der Waals surface area (Å²) in [4.78, 5) is 21.2. The van der Waals surface area contributed by atoms with Gasteiger partial charge in [-0.15, -0.1) is 0 Å². The maximum atomic E-state index is 11.3. The molecule has 0 saturated carbocycles.